The van der Waals surface area contributed by atoms with Gasteiger partial charge in [-0.1, -0.05) is 18.2 Å². The van der Waals surface area contributed by atoms with Crippen LogP contribution >= 0.6 is 0 Å². The number of carbonyl (C=O) groups is 1. The zero-order valence-electron chi connectivity index (χ0n) is 8.27. The quantitative estimate of drug-likeness (QED) is 0.712. The highest BCUT2D eigenvalue weighted by molar-refractivity contribution is 5.92. The first-order valence-corrected chi connectivity index (χ1v) is 4.41. The van der Waals surface area contributed by atoms with E-state index >= 15 is 0 Å². The molecular weight excluding hydrogens is 176 g/mol. The van der Waals surface area contributed by atoms with Crippen molar-refractivity contribution in [1.82, 2.24) is 0 Å². The molecule has 0 aromatic heterocycles. The SMILES string of the molecule is CC(=O)N(c1ccccc1)C(C)C#N. The van der Waals surface area contributed by atoms with Crippen LogP contribution in [0.5, 0.6) is 0 Å². The third kappa shape index (κ3) is 2.11. The number of nitriles is 1. The minimum Gasteiger partial charge on any atom is -0.296 e. The zero-order chi connectivity index (χ0) is 10.6. The highest BCUT2D eigenvalue weighted by Gasteiger charge is 2.17. The van der Waals surface area contributed by atoms with E-state index in [9.17, 15) is 4.79 Å². The lowest BCUT2D eigenvalue weighted by Gasteiger charge is -2.23. The van der Waals surface area contributed by atoms with E-state index in [1.807, 2.05) is 36.4 Å². The van der Waals surface area contributed by atoms with Gasteiger partial charge in [-0.15, -0.1) is 0 Å². The molecule has 0 aliphatic heterocycles. The van der Waals surface area contributed by atoms with Crippen molar-refractivity contribution in [3.05, 3.63) is 30.3 Å². The van der Waals surface area contributed by atoms with Gasteiger partial charge in [0.1, 0.15) is 6.04 Å². The van der Waals surface area contributed by atoms with Crippen molar-refractivity contribution in [2.75, 3.05) is 4.90 Å². The van der Waals surface area contributed by atoms with Crippen LogP contribution in [-0.2, 0) is 4.79 Å². The summed E-state index contributed by atoms with van der Waals surface area (Å²) >= 11 is 0. The van der Waals surface area contributed by atoms with Crippen molar-refractivity contribution in [2.24, 2.45) is 0 Å². The molecule has 14 heavy (non-hydrogen) atoms. The minimum absolute atomic E-state index is 0.120. The molecule has 72 valence electrons. The number of para-hydroxylation sites is 1. The average molecular weight is 188 g/mol. The summed E-state index contributed by atoms with van der Waals surface area (Å²) in [5.74, 6) is -0.120. The van der Waals surface area contributed by atoms with E-state index in [0.29, 0.717) is 0 Å². The molecule has 0 aliphatic rings. The van der Waals surface area contributed by atoms with Crippen molar-refractivity contribution < 1.29 is 4.79 Å². The Morgan fingerprint density at radius 3 is 2.43 bits per heavy atom. The third-order valence-corrected chi connectivity index (χ3v) is 1.95. The fourth-order valence-corrected chi connectivity index (χ4v) is 1.32. The van der Waals surface area contributed by atoms with E-state index in [4.69, 9.17) is 5.26 Å². The average Bonchev–Trinajstić information content (AvgIpc) is 2.19. The lowest BCUT2D eigenvalue weighted by atomic mass is 10.2. The highest BCUT2D eigenvalue weighted by atomic mass is 16.2. The lowest BCUT2D eigenvalue weighted by Crippen LogP contribution is -2.36. The number of hydrogen-bond donors (Lipinski definition) is 0. The summed E-state index contributed by atoms with van der Waals surface area (Å²) in [6.45, 7) is 3.16. The fraction of sp³-hybridized carbons (Fsp3) is 0.273. The Hall–Kier alpha value is -1.82. The molecule has 3 heteroatoms. The van der Waals surface area contributed by atoms with Crippen molar-refractivity contribution in [2.45, 2.75) is 19.9 Å². The molecule has 0 bridgehead atoms. The van der Waals surface area contributed by atoms with Crippen LogP contribution in [-0.4, -0.2) is 11.9 Å². The summed E-state index contributed by atoms with van der Waals surface area (Å²) in [6, 6.07) is 10.8. The molecule has 0 saturated heterocycles. The van der Waals surface area contributed by atoms with Crippen LogP contribution in [0.15, 0.2) is 30.3 Å². The normalized spacial score (nSPS) is 11.5. The van der Waals surface area contributed by atoms with Crippen LogP contribution in [0.1, 0.15) is 13.8 Å². The second-order valence-electron chi connectivity index (χ2n) is 3.03. The van der Waals surface area contributed by atoms with Crippen LogP contribution in [0.2, 0.25) is 0 Å². The van der Waals surface area contributed by atoms with Crippen LogP contribution in [0, 0.1) is 11.3 Å². The number of benzene rings is 1. The molecule has 3 nitrogen and oxygen atoms in total. The maximum Gasteiger partial charge on any atom is 0.224 e. The van der Waals surface area contributed by atoms with Gasteiger partial charge in [0, 0.05) is 12.6 Å². The number of rotatable bonds is 2. The Balaban J connectivity index is 3.02. The van der Waals surface area contributed by atoms with Crippen LogP contribution in [0.25, 0.3) is 0 Å². The largest absolute Gasteiger partial charge is 0.296 e. The maximum atomic E-state index is 11.3. The number of hydrogen-bond acceptors (Lipinski definition) is 2. The summed E-state index contributed by atoms with van der Waals surface area (Å²) in [5, 5.41) is 8.77. The standard InChI is InChI=1S/C11H12N2O/c1-9(8-12)13(10(2)14)11-6-4-3-5-7-11/h3-7,9H,1-2H3. The van der Waals surface area contributed by atoms with Gasteiger partial charge in [0.15, 0.2) is 0 Å². The molecule has 0 saturated carbocycles. The van der Waals surface area contributed by atoms with E-state index < -0.39 is 6.04 Å². The topological polar surface area (TPSA) is 44.1 Å². The number of amides is 1. The molecule has 0 fully saturated rings. The Morgan fingerprint density at radius 2 is 2.00 bits per heavy atom. The van der Waals surface area contributed by atoms with Gasteiger partial charge < -0.3 is 0 Å². The molecule has 0 radical (unpaired) electrons. The van der Waals surface area contributed by atoms with Gasteiger partial charge in [-0.3, -0.25) is 9.69 Å². The summed E-state index contributed by atoms with van der Waals surface area (Å²) in [7, 11) is 0. The van der Waals surface area contributed by atoms with Gasteiger partial charge in [0.25, 0.3) is 0 Å². The van der Waals surface area contributed by atoms with Crippen LogP contribution in [0.4, 0.5) is 5.69 Å². The second kappa shape index (κ2) is 4.43. The van der Waals surface area contributed by atoms with E-state index in [1.54, 1.807) is 6.92 Å². The van der Waals surface area contributed by atoms with Crippen molar-refractivity contribution in [3.63, 3.8) is 0 Å². The smallest absolute Gasteiger partial charge is 0.224 e. The first kappa shape index (κ1) is 10.3. The van der Waals surface area contributed by atoms with E-state index in [-0.39, 0.29) is 5.91 Å². The number of carbonyl (C=O) groups excluding carboxylic acids is 1. The molecule has 1 rings (SSSR count). The van der Waals surface area contributed by atoms with Crippen molar-refractivity contribution >= 4 is 11.6 Å². The number of anilines is 1. The molecule has 1 atom stereocenters. The van der Waals surface area contributed by atoms with E-state index in [0.717, 1.165) is 5.69 Å². The Labute approximate surface area is 83.6 Å². The predicted molar refractivity (Wildman–Crippen MR) is 54.7 cm³/mol. The maximum absolute atomic E-state index is 11.3. The van der Waals surface area contributed by atoms with Gasteiger partial charge in [0.2, 0.25) is 5.91 Å². The number of nitrogens with zero attached hydrogens (tertiary/aromatic N) is 2. The van der Waals surface area contributed by atoms with Crippen molar-refractivity contribution in [1.29, 1.82) is 5.26 Å². The Kier molecular flexibility index (Phi) is 3.24. The fourth-order valence-electron chi connectivity index (χ4n) is 1.32. The summed E-state index contributed by atoms with van der Waals surface area (Å²) in [5.41, 5.74) is 0.758. The lowest BCUT2D eigenvalue weighted by molar-refractivity contribution is -0.116. The molecule has 0 heterocycles. The third-order valence-electron chi connectivity index (χ3n) is 1.95. The summed E-state index contributed by atoms with van der Waals surface area (Å²) in [4.78, 5) is 12.8. The zero-order valence-corrected chi connectivity index (χ0v) is 8.27. The van der Waals surface area contributed by atoms with Gasteiger partial charge >= 0.3 is 0 Å². The van der Waals surface area contributed by atoms with Crippen LogP contribution < -0.4 is 4.90 Å². The Bertz CT molecular complexity index is 353. The molecule has 0 N–H and O–H groups in total. The molecule has 1 aromatic carbocycles. The highest BCUT2D eigenvalue weighted by Crippen LogP contribution is 2.16. The first-order valence-electron chi connectivity index (χ1n) is 4.41. The summed E-state index contributed by atoms with van der Waals surface area (Å²) in [6.07, 6.45) is 0. The predicted octanol–water partition coefficient (Wildman–Crippen LogP) is 1.95. The van der Waals surface area contributed by atoms with Gasteiger partial charge in [0.05, 0.1) is 6.07 Å². The second-order valence-corrected chi connectivity index (χ2v) is 3.03. The van der Waals surface area contributed by atoms with E-state index in [1.165, 1.54) is 11.8 Å². The van der Waals surface area contributed by atoms with Crippen molar-refractivity contribution in [3.8, 4) is 6.07 Å². The molecule has 1 aromatic rings. The molecule has 0 spiro atoms. The minimum atomic E-state index is -0.435. The first-order chi connectivity index (χ1) is 6.66. The molecular formula is C11H12N2O. The summed E-state index contributed by atoms with van der Waals surface area (Å²) < 4.78 is 0. The van der Waals surface area contributed by atoms with Gasteiger partial charge in [-0.05, 0) is 19.1 Å². The molecule has 0 aliphatic carbocycles. The Morgan fingerprint density at radius 1 is 1.43 bits per heavy atom. The molecule has 1 amide bonds. The molecule has 1 unspecified atom stereocenters. The van der Waals surface area contributed by atoms with Gasteiger partial charge in [-0.25, -0.2) is 0 Å². The van der Waals surface area contributed by atoms with E-state index in [2.05, 4.69) is 0 Å². The van der Waals surface area contributed by atoms with Crippen LogP contribution in [0.3, 0.4) is 0 Å². The monoisotopic (exact) mass is 188 g/mol. The van der Waals surface area contributed by atoms with Gasteiger partial charge in [-0.2, -0.15) is 5.26 Å².